The molecule has 2 atom stereocenters. The third-order valence-electron chi connectivity index (χ3n) is 5.32. The van der Waals surface area contributed by atoms with Gasteiger partial charge in [-0.2, -0.15) is 0 Å². The first-order valence-corrected chi connectivity index (χ1v) is 8.46. The molecule has 0 saturated heterocycles. The molecule has 0 N–H and O–H groups in total. The molecule has 3 aromatic carbocycles. The maximum absolute atomic E-state index is 2.38. The van der Waals surface area contributed by atoms with Gasteiger partial charge in [0, 0.05) is 12.0 Å². The Balaban J connectivity index is 1.89. The fourth-order valence-electron chi connectivity index (χ4n) is 4.04. The molecule has 1 nitrogen and oxygen atoms in total. The van der Waals surface area contributed by atoms with Crippen LogP contribution in [0.2, 0.25) is 0 Å². The normalized spacial score (nSPS) is 20.7. The van der Waals surface area contributed by atoms with E-state index in [1.54, 1.807) is 0 Å². The van der Waals surface area contributed by atoms with Gasteiger partial charge in [-0.15, -0.1) is 0 Å². The van der Waals surface area contributed by atoms with Crippen LogP contribution in [-0.4, -0.2) is 25.0 Å². The number of nitrogens with zero attached hydrogens (tertiary/aromatic N) is 1. The van der Waals surface area contributed by atoms with Gasteiger partial charge >= 0.3 is 0 Å². The summed E-state index contributed by atoms with van der Waals surface area (Å²) in [5, 5.41) is 2.74. The number of likely N-dealkylation sites (N-methyl/N-ethyl adjacent to an activating group) is 1. The van der Waals surface area contributed by atoms with Crippen LogP contribution in [0.25, 0.3) is 10.8 Å². The first-order chi connectivity index (χ1) is 11.2. The zero-order valence-corrected chi connectivity index (χ0v) is 13.9. The molecule has 1 aliphatic rings. The van der Waals surface area contributed by atoms with Crippen molar-refractivity contribution in [1.29, 1.82) is 0 Å². The highest BCUT2D eigenvalue weighted by Crippen LogP contribution is 2.40. The maximum atomic E-state index is 2.38. The molecule has 1 aliphatic carbocycles. The minimum absolute atomic E-state index is 0.485. The van der Waals surface area contributed by atoms with Crippen molar-refractivity contribution in [3.63, 3.8) is 0 Å². The van der Waals surface area contributed by atoms with E-state index >= 15 is 0 Å². The average Bonchev–Trinajstić information content (AvgIpc) is 2.60. The van der Waals surface area contributed by atoms with Gasteiger partial charge in [-0.3, -0.25) is 0 Å². The van der Waals surface area contributed by atoms with Gasteiger partial charge < -0.3 is 4.90 Å². The van der Waals surface area contributed by atoms with Crippen LogP contribution in [0.15, 0.2) is 66.7 Å². The number of benzene rings is 3. The standard InChI is InChI=1S/C22H23N/c1-23(2)18-14-17-9-4-6-12-20(17)22(15-18)21-13-7-10-16-8-3-5-11-19(16)21/h3-13,18,22H,14-15H2,1-2H3. The van der Waals surface area contributed by atoms with Crippen molar-refractivity contribution in [3.8, 4) is 0 Å². The van der Waals surface area contributed by atoms with Crippen molar-refractivity contribution >= 4 is 10.8 Å². The van der Waals surface area contributed by atoms with Gasteiger partial charge in [-0.1, -0.05) is 66.7 Å². The van der Waals surface area contributed by atoms with Gasteiger partial charge in [-0.25, -0.2) is 0 Å². The first kappa shape index (κ1) is 14.5. The largest absolute Gasteiger partial charge is 0.306 e. The predicted octanol–water partition coefficient (Wildman–Crippen LogP) is 4.85. The summed E-state index contributed by atoms with van der Waals surface area (Å²) in [6, 6.07) is 25.1. The first-order valence-electron chi connectivity index (χ1n) is 8.46. The van der Waals surface area contributed by atoms with E-state index in [0.717, 1.165) is 6.42 Å². The molecule has 116 valence electrons. The Hall–Kier alpha value is -2.12. The molecule has 0 heterocycles. The van der Waals surface area contributed by atoms with E-state index in [1.165, 1.54) is 33.9 Å². The number of rotatable bonds is 2. The van der Waals surface area contributed by atoms with Gasteiger partial charge in [0.05, 0.1) is 0 Å². The predicted molar refractivity (Wildman–Crippen MR) is 98.0 cm³/mol. The lowest BCUT2D eigenvalue weighted by Gasteiger charge is -2.36. The van der Waals surface area contributed by atoms with Gasteiger partial charge in [-0.05, 0) is 54.4 Å². The molecule has 0 amide bonds. The number of hydrogen-bond acceptors (Lipinski definition) is 1. The molecule has 0 radical (unpaired) electrons. The van der Waals surface area contributed by atoms with Crippen LogP contribution in [0.1, 0.15) is 29.0 Å². The lowest BCUT2D eigenvalue weighted by Crippen LogP contribution is -2.35. The van der Waals surface area contributed by atoms with Crippen LogP contribution in [-0.2, 0) is 6.42 Å². The molecule has 4 rings (SSSR count). The molecule has 23 heavy (non-hydrogen) atoms. The second-order valence-corrected chi connectivity index (χ2v) is 6.88. The zero-order chi connectivity index (χ0) is 15.8. The van der Waals surface area contributed by atoms with Crippen molar-refractivity contribution in [2.75, 3.05) is 14.1 Å². The molecule has 3 aromatic rings. The molecule has 0 aliphatic heterocycles. The Bertz CT molecular complexity index is 829. The molecule has 0 bridgehead atoms. The fraction of sp³-hybridized carbons (Fsp3) is 0.273. The summed E-state index contributed by atoms with van der Waals surface area (Å²) in [4.78, 5) is 2.38. The Morgan fingerprint density at radius 2 is 1.48 bits per heavy atom. The minimum atomic E-state index is 0.485. The molecular weight excluding hydrogens is 278 g/mol. The second kappa shape index (κ2) is 5.82. The summed E-state index contributed by atoms with van der Waals surface area (Å²) in [5.74, 6) is 0.485. The summed E-state index contributed by atoms with van der Waals surface area (Å²) < 4.78 is 0. The molecule has 0 spiro atoms. The minimum Gasteiger partial charge on any atom is -0.306 e. The van der Waals surface area contributed by atoms with Crippen LogP contribution >= 0.6 is 0 Å². The fourth-order valence-corrected chi connectivity index (χ4v) is 4.04. The Morgan fingerprint density at radius 3 is 2.35 bits per heavy atom. The van der Waals surface area contributed by atoms with E-state index in [4.69, 9.17) is 0 Å². The van der Waals surface area contributed by atoms with Crippen molar-refractivity contribution in [2.45, 2.75) is 24.8 Å². The van der Waals surface area contributed by atoms with Crippen molar-refractivity contribution in [2.24, 2.45) is 0 Å². The van der Waals surface area contributed by atoms with E-state index < -0.39 is 0 Å². The highest BCUT2D eigenvalue weighted by Gasteiger charge is 2.29. The highest BCUT2D eigenvalue weighted by molar-refractivity contribution is 5.86. The van der Waals surface area contributed by atoms with Crippen molar-refractivity contribution in [3.05, 3.63) is 83.4 Å². The van der Waals surface area contributed by atoms with Crippen LogP contribution in [0.4, 0.5) is 0 Å². The summed E-state index contributed by atoms with van der Waals surface area (Å²) >= 11 is 0. The maximum Gasteiger partial charge on any atom is 0.0139 e. The highest BCUT2D eigenvalue weighted by atomic mass is 15.1. The van der Waals surface area contributed by atoms with Gasteiger partial charge in [0.25, 0.3) is 0 Å². The van der Waals surface area contributed by atoms with Gasteiger partial charge in [0.2, 0.25) is 0 Å². The third-order valence-corrected chi connectivity index (χ3v) is 5.32. The lowest BCUT2D eigenvalue weighted by molar-refractivity contribution is 0.259. The number of hydrogen-bond donors (Lipinski definition) is 0. The summed E-state index contributed by atoms with van der Waals surface area (Å²) in [6.07, 6.45) is 2.35. The van der Waals surface area contributed by atoms with E-state index in [1.807, 2.05) is 0 Å². The van der Waals surface area contributed by atoms with Gasteiger partial charge in [0.1, 0.15) is 0 Å². The Labute approximate surface area is 138 Å². The van der Waals surface area contributed by atoms with Gasteiger partial charge in [0.15, 0.2) is 0 Å². The van der Waals surface area contributed by atoms with Crippen LogP contribution < -0.4 is 0 Å². The zero-order valence-electron chi connectivity index (χ0n) is 13.9. The average molecular weight is 301 g/mol. The third kappa shape index (κ3) is 2.55. The lowest BCUT2D eigenvalue weighted by atomic mass is 9.75. The monoisotopic (exact) mass is 301 g/mol. The Kier molecular flexibility index (Phi) is 3.66. The SMILES string of the molecule is CN(C)C1Cc2ccccc2C(c2cccc3ccccc23)C1. The topological polar surface area (TPSA) is 3.24 Å². The molecule has 1 heteroatoms. The van der Waals surface area contributed by atoms with E-state index in [9.17, 15) is 0 Å². The summed E-state index contributed by atoms with van der Waals surface area (Å²) in [6.45, 7) is 0. The van der Waals surface area contributed by atoms with Crippen LogP contribution in [0.3, 0.4) is 0 Å². The van der Waals surface area contributed by atoms with Crippen molar-refractivity contribution < 1.29 is 0 Å². The van der Waals surface area contributed by atoms with Crippen LogP contribution in [0.5, 0.6) is 0 Å². The van der Waals surface area contributed by atoms with E-state index in [2.05, 4.69) is 85.7 Å². The quantitative estimate of drug-likeness (QED) is 0.654. The number of fused-ring (bicyclic) bond motifs is 2. The Morgan fingerprint density at radius 1 is 0.783 bits per heavy atom. The van der Waals surface area contributed by atoms with Crippen molar-refractivity contribution in [1.82, 2.24) is 4.90 Å². The van der Waals surface area contributed by atoms with E-state index in [0.29, 0.717) is 12.0 Å². The smallest absolute Gasteiger partial charge is 0.0139 e. The molecular formula is C22H23N. The second-order valence-electron chi connectivity index (χ2n) is 6.88. The molecule has 0 saturated carbocycles. The summed E-state index contributed by atoms with van der Waals surface area (Å²) in [7, 11) is 4.41. The molecule has 2 unspecified atom stereocenters. The van der Waals surface area contributed by atoms with E-state index in [-0.39, 0.29) is 0 Å². The molecule has 0 aromatic heterocycles. The molecule has 0 fully saturated rings. The summed E-state index contributed by atoms with van der Waals surface area (Å²) in [5.41, 5.74) is 4.50. The van der Waals surface area contributed by atoms with Crippen LogP contribution in [0, 0.1) is 0 Å².